The lowest BCUT2D eigenvalue weighted by atomic mass is 10.2. The monoisotopic (exact) mass is 402 g/mol. The van der Waals surface area contributed by atoms with Crippen LogP contribution in [0.2, 0.25) is 10.0 Å². The molecule has 2 aromatic rings. The predicted octanol–water partition coefficient (Wildman–Crippen LogP) is 3.83. The van der Waals surface area contributed by atoms with Crippen molar-refractivity contribution >= 4 is 35.1 Å². The summed E-state index contributed by atoms with van der Waals surface area (Å²) in [5.74, 6) is -1.87. The van der Waals surface area contributed by atoms with Crippen molar-refractivity contribution in [2.45, 2.75) is 12.8 Å². The minimum Gasteiger partial charge on any atom is -0.478 e. The van der Waals surface area contributed by atoms with E-state index in [1.165, 1.54) is 24.3 Å². The van der Waals surface area contributed by atoms with E-state index < -0.39 is 11.9 Å². The molecule has 0 spiro atoms. The van der Waals surface area contributed by atoms with Crippen LogP contribution in [0.5, 0.6) is 0 Å². The normalized spacial score (nSPS) is 9.23. The topological polar surface area (TPSA) is 115 Å². The van der Waals surface area contributed by atoms with E-state index in [9.17, 15) is 9.59 Å². The molecule has 0 aliphatic carbocycles. The predicted molar refractivity (Wildman–Crippen MR) is 100 cm³/mol. The molecule has 0 heterocycles. The Bertz CT molecular complexity index is 597. The highest BCUT2D eigenvalue weighted by Gasteiger charge is 1.99. The molecule has 0 bridgehead atoms. The van der Waals surface area contributed by atoms with Crippen molar-refractivity contribution in [3.05, 3.63) is 69.7 Å². The maximum absolute atomic E-state index is 10.3. The number of aromatic carboxylic acids is 2. The molecular weight excluding hydrogens is 383 g/mol. The molecule has 0 aromatic heterocycles. The number of hydrogen-bond donors (Lipinski definition) is 4. The van der Waals surface area contributed by atoms with Crippen molar-refractivity contribution in [2.24, 2.45) is 0 Å². The van der Waals surface area contributed by atoms with Crippen LogP contribution in [0.4, 0.5) is 0 Å². The van der Waals surface area contributed by atoms with Gasteiger partial charge in [-0.05, 0) is 61.4 Å². The van der Waals surface area contributed by atoms with Crippen LogP contribution in [0, 0.1) is 0 Å². The van der Waals surface area contributed by atoms with Crippen molar-refractivity contribution in [3.63, 3.8) is 0 Å². The van der Waals surface area contributed by atoms with Gasteiger partial charge in [-0.2, -0.15) is 0 Å². The van der Waals surface area contributed by atoms with E-state index in [2.05, 4.69) is 0 Å². The van der Waals surface area contributed by atoms with Crippen molar-refractivity contribution in [3.8, 4) is 0 Å². The van der Waals surface area contributed by atoms with Crippen LogP contribution in [-0.4, -0.2) is 45.6 Å². The van der Waals surface area contributed by atoms with Crippen LogP contribution < -0.4 is 0 Å². The van der Waals surface area contributed by atoms with E-state index in [0.29, 0.717) is 10.0 Å². The van der Waals surface area contributed by atoms with Crippen LogP contribution >= 0.6 is 23.2 Å². The summed E-state index contributed by atoms with van der Waals surface area (Å²) in [5, 5.41) is 34.1. The van der Waals surface area contributed by atoms with E-state index in [4.69, 9.17) is 43.6 Å². The Morgan fingerprint density at radius 3 is 1.12 bits per heavy atom. The first-order valence-electron chi connectivity index (χ1n) is 7.51. The molecule has 0 saturated carbocycles. The smallest absolute Gasteiger partial charge is 0.335 e. The summed E-state index contributed by atoms with van der Waals surface area (Å²) < 4.78 is 0. The summed E-state index contributed by atoms with van der Waals surface area (Å²) in [6, 6.07) is 12.0. The van der Waals surface area contributed by atoms with E-state index in [0.717, 1.165) is 12.8 Å². The first kappa shape index (κ1) is 23.9. The summed E-state index contributed by atoms with van der Waals surface area (Å²) in [5.41, 5.74) is 0.508. The van der Waals surface area contributed by atoms with Gasteiger partial charge < -0.3 is 20.4 Å². The maximum atomic E-state index is 10.3. The van der Waals surface area contributed by atoms with Gasteiger partial charge in [0.05, 0.1) is 11.1 Å². The lowest BCUT2D eigenvalue weighted by Crippen LogP contribution is -1.94. The molecule has 8 heteroatoms. The van der Waals surface area contributed by atoms with Gasteiger partial charge in [-0.15, -0.1) is 0 Å². The molecule has 26 heavy (non-hydrogen) atoms. The molecule has 0 unspecified atom stereocenters. The van der Waals surface area contributed by atoms with Gasteiger partial charge in [0, 0.05) is 23.3 Å². The van der Waals surface area contributed by atoms with Gasteiger partial charge in [0.1, 0.15) is 0 Å². The number of hydrogen-bond acceptors (Lipinski definition) is 4. The van der Waals surface area contributed by atoms with E-state index in [-0.39, 0.29) is 24.3 Å². The second-order valence-electron chi connectivity index (χ2n) is 4.78. The Morgan fingerprint density at radius 2 is 0.923 bits per heavy atom. The first-order valence-corrected chi connectivity index (χ1v) is 8.26. The Kier molecular flexibility index (Phi) is 12.9. The van der Waals surface area contributed by atoms with Gasteiger partial charge in [0.15, 0.2) is 0 Å². The highest BCUT2D eigenvalue weighted by atomic mass is 35.5. The molecule has 0 atom stereocenters. The molecule has 0 aliphatic heterocycles. The van der Waals surface area contributed by atoms with E-state index in [1.807, 2.05) is 0 Å². The third kappa shape index (κ3) is 11.4. The molecule has 0 fully saturated rings. The minimum absolute atomic E-state index is 0.195. The van der Waals surface area contributed by atoms with Crippen LogP contribution in [-0.2, 0) is 0 Å². The Balaban J connectivity index is 0.000000375. The molecule has 2 rings (SSSR count). The zero-order chi connectivity index (χ0) is 19.9. The zero-order valence-electron chi connectivity index (χ0n) is 13.8. The third-order valence-electron chi connectivity index (χ3n) is 2.75. The maximum Gasteiger partial charge on any atom is 0.335 e. The Hall–Kier alpha value is -2.12. The summed E-state index contributed by atoms with van der Waals surface area (Å²) >= 11 is 11.0. The molecule has 142 valence electrons. The number of carboxylic acids is 2. The number of unbranched alkanes of at least 4 members (excludes halogenated alkanes) is 1. The highest BCUT2D eigenvalue weighted by Crippen LogP contribution is 2.09. The first-order chi connectivity index (χ1) is 12.3. The molecule has 0 radical (unpaired) electrons. The molecule has 6 nitrogen and oxygen atoms in total. The average Bonchev–Trinajstić information content (AvgIpc) is 2.62. The Labute approximate surface area is 161 Å². The number of carboxylic acid groups (broad SMARTS) is 2. The van der Waals surface area contributed by atoms with Crippen LogP contribution in [0.1, 0.15) is 33.6 Å². The molecular formula is C18H20Cl2O6. The number of aliphatic hydroxyl groups excluding tert-OH is 2. The SMILES string of the molecule is O=C(O)c1ccc(Cl)cc1.O=C(O)c1ccc(Cl)cc1.OCCCCO. The standard InChI is InChI=1S/2C7H5ClO2.C4H10O2/c2*8-6-3-1-5(2-4-6)7(9)10;5-3-1-2-4-6/h2*1-4H,(H,9,10);5-6H,1-4H2. The van der Waals surface area contributed by atoms with E-state index in [1.54, 1.807) is 24.3 Å². The van der Waals surface area contributed by atoms with Crippen molar-refractivity contribution < 1.29 is 30.0 Å². The van der Waals surface area contributed by atoms with Crippen LogP contribution in [0.25, 0.3) is 0 Å². The second-order valence-corrected chi connectivity index (χ2v) is 5.65. The third-order valence-corrected chi connectivity index (χ3v) is 3.25. The molecule has 0 aliphatic rings. The van der Waals surface area contributed by atoms with Crippen molar-refractivity contribution in [2.75, 3.05) is 13.2 Å². The highest BCUT2D eigenvalue weighted by molar-refractivity contribution is 6.30. The summed E-state index contributed by atoms with van der Waals surface area (Å²) in [6.07, 6.45) is 1.44. The van der Waals surface area contributed by atoms with Gasteiger partial charge >= 0.3 is 11.9 Å². The fourth-order valence-electron chi connectivity index (χ4n) is 1.41. The van der Waals surface area contributed by atoms with E-state index >= 15 is 0 Å². The number of rotatable bonds is 5. The van der Waals surface area contributed by atoms with Crippen LogP contribution in [0.3, 0.4) is 0 Å². The summed E-state index contributed by atoms with van der Waals surface area (Å²) in [7, 11) is 0. The largest absolute Gasteiger partial charge is 0.478 e. The van der Waals surface area contributed by atoms with Gasteiger partial charge in [-0.25, -0.2) is 9.59 Å². The number of aliphatic hydroxyl groups is 2. The van der Waals surface area contributed by atoms with Crippen LogP contribution in [0.15, 0.2) is 48.5 Å². The Morgan fingerprint density at radius 1 is 0.654 bits per heavy atom. The molecule has 0 saturated heterocycles. The fraction of sp³-hybridized carbons (Fsp3) is 0.222. The van der Waals surface area contributed by atoms with Gasteiger partial charge in [0.2, 0.25) is 0 Å². The average molecular weight is 403 g/mol. The number of benzene rings is 2. The van der Waals surface area contributed by atoms with Gasteiger partial charge in [-0.1, -0.05) is 23.2 Å². The quantitative estimate of drug-likeness (QED) is 0.564. The second kappa shape index (κ2) is 14.1. The molecule has 0 amide bonds. The van der Waals surface area contributed by atoms with Crippen molar-refractivity contribution in [1.29, 1.82) is 0 Å². The lowest BCUT2D eigenvalue weighted by molar-refractivity contribution is 0.0686. The lowest BCUT2D eigenvalue weighted by Gasteiger charge is -1.91. The zero-order valence-corrected chi connectivity index (χ0v) is 15.3. The molecule has 2 aromatic carbocycles. The van der Waals surface area contributed by atoms with Gasteiger partial charge in [0.25, 0.3) is 0 Å². The summed E-state index contributed by atoms with van der Waals surface area (Å²) in [6.45, 7) is 0.390. The minimum atomic E-state index is -0.934. The number of carbonyl (C=O) groups is 2. The van der Waals surface area contributed by atoms with Crippen molar-refractivity contribution in [1.82, 2.24) is 0 Å². The fourth-order valence-corrected chi connectivity index (χ4v) is 1.66. The number of halogens is 2. The molecule has 4 N–H and O–H groups in total. The van der Waals surface area contributed by atoms with Gasteiger partial charge in [-0.3, -0.25) is 0 Å². The summed E-state index contributed by atoms with van der Waals surface area (Å²) in [4.78, 5) is 20.5.